The topological polar surface area (TPSA) is 35.6 Å². The average Bonchev–Trinajstić information content (AvgIpc) is 3.01. The van der Waals surface area contributed by atoms with Gasteiger partial charge in [0.05, 0.1) is 6.54 Å². The summed E-state index contributed by atoms with van der Waals surface area (Å²) in [6.45, 7) is 5.05. The lowest BCUT2D eigenvalue weighted by Gasteiger charge is -2.37. The highest BCUT2D eigenvalue weighted by Gasteiger charge is 2.27. The zero-order valence-electron chi connectivity index (χ0n) is 12.9. The lowest BCUT2D eigenvalue weighted by Crippen LogP contribution is -2.48. The van der Waals surface area contributed by atoms with E-state index < -0.39 is 0 Å². The van der Waals surface area contributed by atoms with Gasteiger partial charge in [0.15, 0.2) is 0 Å². The van der Waals surface area contributed by atoms with Gasteiger partial charge in [-0.15, -0.1) is 0 Å². The average molecular weight is 366 g/mol. The van der Waals surface area contributed by atoms with Gasteiger partial charge in [0, 0.05) is 22.7 Å². The molecule has 1 N–H and O–H groups in total. The van der Waals surface area contributed by atoms with Crippen molar-refractivity contribution < 1.29 is 4.79 Å². The summed E-state index contributed by atoms with van der Waals surface area (Å²) < 4.78 is 0.984. The van der Waals surface area contributed by atoms with Gasteiger partial charge >= 0.3 is 0 Å². The summed E-state index contributed by atoms with van der Waals surface area (Å²) in [6, 6.07) is 8.40. The second-order valence-corrected chi connectivity index (χ2v) is 7.25. The molecule has 0 spiro atoms. The van der Waals surface area contributed by atoms with Crippen molar-refractivity contribution in [2.24, 2.45) is 0 Å². The number of likely N-dealkylation sites (tertiary alicyclic amines) is 2. The van der Waals surface area contributed by atoms with Crippen molar-refractivity contribution in [2.75, 3.05) is 38.0 Å². The second-order valence-electron chi connectivity index (χ2n) is 6.33. The Kier molecular flexibility index (Phi) is 5.50. The number of rotatable bonds is 4. The van der Waals surface area contributed by atoms with Gasteiger partial charge in [-0.25, -0.2) is 0 Å². The molecule has 0 radical (unpaired) electrons. The van der Waals surface area contributed by atoms with Gasteiger partial charge in [0.25, 0.3) is 0 Å². The number of benzene rings is 1. The first-order valence-electron chi connectivity index (χ1n) is 8.22. The summed E-state index contributed by atoms with van der Waals surface area (Å²) in [5, 5.41) is 2.99. The van der Waals surface area contributed by atoms with E-state index in [9.17, 15) is 4.79 Å². The van der Waals surface area contributed by atoms with Gasteiger partial charge in [-0.1, -0.05) is 22.0 Å². The molecule has 2 aliphatic heterocycles. The molecule has 2 fully saturated rings. The van der Waals surface area contributed by atoms with Crippen molar-refractivity contribution in [1.82, 2.24) is 9.80 Å². The van der Waals surface area contributed by atoms with E-state index in [1.54, 1.807) is 0 Å². The molecule has 1 atom stereocenters. The second kappa shape index (κ2) is 7.57. The van der Waals surface area contributed by atoms with Gasteiger partial charge < -0.3 is 5.32 Å². The van der Waals surface area contributed by atoms with Gasteiger partial charge in [-0.05, 0) is 63.5 Å². The summed E-state index contributed by atoms with van der Waals surface area (Å²) >= 11 is 3.43. The van der Waals surface area contributed by atoms with Crippen LogP contribution in [0.5, 0.6) is 0 Å². The zero-order valence-corrected chi connectivity index (χ0v) is 14.5. The molecular weight excluding hydrogens is 342 g/mol. The number of carbonyl (C=O) groups is 1. The van der Waals surface area contributed by atoms with Crippen molar-refractivity contribution in [1.29, 1.82) is 0 Å². The quantitative estimate of drug-likeness (QED) is 0.890. The maximum Gasteiger partial charge on any atom is 0.238 e. The molecule has 3 rings (SSSR count). The summed E-state index contributed by atoms with van der Waals surface area (Å²) in [5.74, 6) is 0.0835. The number of nitrogens with zero attached hydrogens (tertiary/aromatic N) is 2. The molecule has 4 nitrogen and oxygen atoms in total. The Hall–Kier alpha value is -0.910. The minimum Gasteiger partial charge on any atom is -0.325 e. The number of halogens is 1. The molecule has 120 valence electrons. The molecule has 0 aromatic heterocycles. The van der Waals surface area contributed by atoms with Gasteiger partial charge in [-0.2, -0.15) is 0 Å². The summed E-state index contributed by atoms with van der Waals surface area (Å²) in [5.41, 5.74) is 0.854. The molecule has 1 aromatic carbocycles. The van der Waals surface area contributed by atoms with Crippen LogP contribution < -0.4 is 5.32 Å². The molecule has 22 heavy (non-hydrogen) atoms. The molecule has 1 aromatic rings. The lowest BCUT2D eigenvalue weighted by molar-refractivity contribution is -0.117. The molecular formula is C17H24BrN3O. The molecule has 1 amide bonds. The van der Waals surface area contributed by atoms with E-state index in [1.807, 2.05) is 24.3 Å². The van der Waals surface area contributed by atoms with E-state index in [0.717, 1.165) is 23.2 Å². The largest absolute Gasteiger partial charge is 0.325 e. The standard InChI is InChI=1S/C17H24BrN3O/c18-14-5-3-6-15(11-14)19-17(22)13-20-8-4-7-16(12-20)21-9-1-2-10-21/h3,5-6,11,16H,1-2,4,7-10,12-13H2,(H,19,22). The van der Waals surface area contributed by atoms with E-state index in [-0.39, 0.29) is 5.91 Å². The summed E-state index contributed by atoms with van der Waals surface area (Å²) in [7, 11) is 0. The maximum atomic E-state index is 12.2. The van der Waals surface area contributed by atoms with Crippen LogP contribution in [0, 0.1) is 0 Å². The van der Waals surface area contributed by atoms with Crippen molar-refractivity contribution >= 4 is 27.5 Å². The first-order chi connectivity index (χ1) is 10.7. The van der Waals surface area contributed by atoms with Crippen LogP contribution in [0.2, 0.25) is 0 Å². The van der Waals surface area contributed by atoms with Crippen LogP contribution in [0.15, 0.2) is 28.7 Å². The number of hydrogen-bond donors (Lipinski definition) is 1. The van der Waals surface area contributed by atoms with Crippen molar-refractivity contribution in [2.45, 2.75) is 31.7 Å². The van der Waals surface area contributed by atoms with Crippen molar-refractivity contribution in [3.05, 3.63) is 28.7 Å². The molecule has 5 heteroatoms. The first-order valence-corrected chi connectivity index (χ1v) is 9.02. The van der Waals surface area contributed by atoms with Crippen LogP contribution in [0.1, 0.15) is 25.7 Å². The highest BCUT2D eigenvalue weighted by Crippen LogP contribution is 2.20. The predicted octanol–water partition coefficient (Wildman–Crippen LogP) is 2.95. The number of hydrogen-bond acceptors (Lipinski definition) is 3. The predicted molar refractivity (Wildman–Crippen MR) is 93.0 cm³/mol. The van der Waals surface area contributed by atoms with Crippen LogP contribution in [-0.2, 0) is 4.79 Å². The number of nitrogens with one attached hydrogen (secondary N) is 1. The molecule has 2 saturated heterocycles. The van der Waals surface area contributed by atoms with Crippen molar-refractivity contribution in [3.8, 4) is 0 Å². The first kappa shape index (κ1) is 16.0. The Morgan fingerprint density at radius 2 is 2.05 bits per heavy atom. The Morgan fingerprint density at radius 3 is 2.82 bits per heavy atom. The molecule has 0 bridgehead atoms. The van der Waals surface area contributed by atoms with E-state index in [4.69, 9.17) is 0 Å². The minimum atomic E-state index is 0.0835. The fourth-order valence-corrected chi connectivity index (χ4v) is 3.95. The normalized spacial score (nSPS) is 23.6. The van der Waals surface area contributed by atoms with E-state index in [2.05, 4.69) is 31.0 Å². The molecule has 2 heterocycles. The number of carbonyl (C=O) groups excluding carboxylic acids is 1. The molecule has 0 saturated carbocycles. The Labute approximate surface area is 141 Å². The smallest absolute Gasteiger partial charge is 0.238 e. The Balaban J connectivity index is 1.50. The third-order valence-corrected chi connectivity index (χ3v) is 5.11. The van der Waals surface area contributed by atoms with E-state index in [0.29, 0.717) is 12.6 Å². The Bertz CT molecular complexity index is 516. The van der Waals surface area contributed by atoms with Crippen LogP contribution in [0.3, 0.4) is 0 Å². The van der Waals surface area contributed by atoms with E-state index >= 15 is 0 Å². The summed E-state index contributed by atoms with van der Waals surface area (Å²) in [4.78, 5) is 17.2. The SMILES string of the molecule is O=C(CN1CCCC(N2CCCC2)C1)Nc1cccc(Br)c1. The third kappa shape index (κ3) is 4.31. The minimum absolute atomic E-state index is 0.0835. The number of piperidine rings is 1. The van der Waals surface area contributed by atoms with Crippen LogP contribution in [0.25, 0.3) is 0 Å². The highest BCUT2D eigenvalue weighted by molar-refractivity contribution is 9.10. The summed E-state index contributed by atoms with van der Waals surface area (Å²) in [6.07, 6.45) is 5.15. The number of anilines is 1. The van der Waals surface area contributed by atoms with Gasteiger partial charge in [0.1, 0.15) is 0 Å². The molecule has 0 aliphatic carbocycles. The van der Waals surface area contributed by atoms with Gasteiger partial charge in [0.2, 0.25) is 5.91 Å². The van der Waals surface area contributed by atoms with Crippen LogP contribution in [0.4, 0.5) is 5.69 Å². The Morgan fingerprint density at radius 1 is 1.23 bits per heavy atom. The third-order valence-electron chi connectivity index (χ3n) is 4.61. The van der Waals surface area contributed by atoms with Crippen LogP contribution >= 0.6 is 15.9 Å². The number of amides is 1. The zero-order chi connectivity index (χ0) is 15.4. The maximum absolute atomic E-state index is 12.2. The van der Waals surface area contributed by atoms with Crippen LogP contribution in [-0.4, -0.2) is 54.5 Å². The monoisotopic (exact) mass is 365 g/mol. The van der Waals surface area contributed by atoms with Gasteiger partial charge in [-0.3, -0.25) is 14.6 Å². The van der Waals surface area contributed by atoms with E-state index in [1.165, 1.54) is 38.8 Å². The fourth-order valence-electron chi connectivity index (χ4n) is 3.55. The molecule has 1 unspecified atom stereocenters. The lowest BCUT2D eigenvalue weighted by atomic mass is 10.0. The molecule has 2 aliphatic rings. The highest BCUT2D eigenvalue weighted by atomic mass is 79.9. The fraction of sp³-hybridized carbons (Fsp3) is 0.588. The van der Waals surface area contributed by atoms with Crippen molar-refractivity contribution in [3.63, 3.8) is 0 Å².